The van der Waals surface area contributed by atoms with Gasteiger partial charge in [0.2, 0.25) is 0 Å². The fraction of sp³-hybridized carbons (Fsp3) is 0.550. The maximum absolute atomic E-state index is 12.3. The molecule has 2 N–H and O–H groups in total. The zero-order chi connectivity index (χ0) is 42.4. The van der Waals surface area contributed by atoms with E-state index in [1.807, 2.05) is 59.5 Å². The first kappa shape index (κ1) is 49.8. The van der Waals surface area contributed by atoms with Crippen molar-refractivity contribution >= 4 is 55.1 Å². The lowest BCUT2D eigenvalue weighted by Crippen LogP contribution is -2.29. The maximum atomic E-state index is 12.3. The van der Waals surface area contributed by atoms with Crippen molar-refractivity contribution in [3.63, 3.8) is 0 Å². The third kappa shape index (κ3) is 23.8. The molecule has 2 aromatic rings. The van der Waals surface area contributed by atoms with E-state index in [1.54, 1.807) is 20.0 Å². The van der Waals surface area contributed by atoms with Gasteiger partial charge in [-0.2, -0.15) is 0 Å². The molecule has 2 rings (SSSR count). The van der Waals surface area contributed by atoms with Crippen LogP contribution in [0.1, 0.15) is 76.5 Å². The van der Waals surface area contributed by atoms with E-state index in [9.17, 15) is 38.5 Å². The first-order valence-electron chi connectivity index (χ1n) is 19.3. The number of ketones is 2. The van der Waals surface area contributed by atoms with Gasteiger partial charge in [-0.25, -0.2) is 4.57 Å². The third-order valence-corrected chi connectivity index (χ3v) is 8.90. The van der Waals surface area contributed by atoms with Crippen LogP contribution < -0.4 is 4.90 Å². The van der Waals surface area contributed by atoms with Crippen LogP contribution in [-0.2, 0) is 61.3 Å². The van der Waals surface area contributed by atoms with E-state index in [1.165, 1.54) is 0 Å². The van der Waals surface area contributed by atoms with Gasteiger partial charge >= 0.3 is 25.7 Å². The molecule has 1 heterocycles. The van der Waals surface area contributed by atoms with Crippen molar-refractivity contribution in [1.82, 2.24) is 4.98 Å². The van der Waals surface area contributed by atoms with Crippen molar-refractivity contribution in [3.05, 3.63) is 59.9 Å². The minimum Gasteiger partial charge on any atom is -0.463 e. The zero-order valence-electron chi connectivity index (χ0n) is 33.3. The molecule has 2 atom stereocenters. The van der Waals surface area contributed by atoms with Gasteiger partial charge in [0, 0.05) is 63.7 Å². The molecule has 18 heteroatoms. The highest BCUT2D eigenvalue weighted by Crippen LogP contribution is 2.43. The Balaban J connectivity index is 1.49. The molecule has 0 aliphatic heterocycles. The number of carbonyl (C=O) groups is 5. The van der Waals surface area contributed by atoms with Crippen molar-refractivity contribution in [2.75, 3.05) is 77.5 Å². The summed E-state index contributed by atoms with van der Waals surface area (Å²) < 4.78 is 47.6. The molecule has 1 aromatic heterocycles. The van der Waals surface area contributed by atoms with Crippen LogP contribution in [-0.4, -0.2) is 123 Å². The van der Waals surface area contributed by atoms with Crippen LogP contribution in [0.25, 0.3) is 12.2 Å². The van der Waals surface area contributed by atoms with Gasteiger partial charge in [0.15, 0.2) is 17.7 Å². The van der Waals surface area contributed by atoms with Crippen LogP contribution in [0.5, 0.6) is 0 Å². The standard InChI is InChI=1S/C40H57N2O15P/c1-3-38(46)54-30-37(57-39(47)4-2)31-56-58(49,50)55-25-9-13-40(48)53-27-26-51-24-8-12-36(45)29-52-28-35(44)11-7-21-42(22-23-43)34-18-15-32(16-19-34)14-17-33-10-5-6-20-41-33/h5-6,10,14-20,37,43H,3-4,7-9,11-13,21-31H2,1-2H3,(H,49,50)/b17-14+. The highest BCUT2D eigenvalue weighted by Gasteiger charge is 2.26. The van der Waals surface area contributed by atoms with Gasteiger partial charge in [-0.3, -0.25) is 38.0 Å². The molecule has 0 aliphatic rings. The van der Waals surface area contributed by atoms with E-state index in [0.29, 0.717) is 25.9 Å². The number of phosphoric acid groups is 1. The predicted octanol–water partition coefficient (Wildman–Crippen LogP) is 4.51. The summed E-state index contributed by atoms with van der Waals surface area (Å²) in [6, 6.07) is 13.6. The van der Waals surface area contributed by atoms with Crippen LogP contribution in [0.15, 0.2) is 48.7 Å². The molecule has 58 heavy (non-hydrogen) atoms. The third-order valence-electron chi connectivity index (χ3n) is 7.92. The molecule has 322 valence electrons. The highest BCUT2D eigenvalue weighted by molar-refractivity contribution is 7.47. The zero-order valence-corrected chi connectivity index (χ0v) is 34.2. The first-order chi connectivity index (χ1) is 27.9. The fourth-order valence-electron chi connectivity index (χ4n) is 4.88. The lowest BCUT2D eigenvalue weighted by Gasteiger charge is -2.24. The molecule has 0 aliphatic carbocycles. The lowest BCUT2D eigenvalue weighted by atomic mass is 10.1. The molecule has 17 nitrogen and oxygen atoms in total. The normalized spacial score (nSPS) is 12.8. The summed E-state index contributed by atoms with van der Waals surface area (Å²) in [6.45, 7) is 2.85. The molecular weight excluding hydrogens is 779 g/mol. The van der Waals surface area contributed by atoms with E-state index in [2.05, 4.69) is 4.98 Å². The quantitative estimate of drug-likeness (QED) is 0.0437. The van der Waals surface area contributed by atoms with Crippen LogP contribution in [0.4, 0.5) is 5.69 Å². The minimum absolute atomic E-state index is 0.0268. The molecule has 2 unspecified atom stereocenters. The smallest absolute Gasteiger partial charge is 0.463 e. The number of pyridine rings is 1. The summed E-state index contributed by atoms with van der Waals surface area (Å²) >= 11 is 0. The number of anilines is 1. The highest BCUT2D eigenvalue weighted by atomic mass is 31.2. The van der Waals surface area contributed by atoms with E-state index in [-0.39, 0.29) is 103 Å². The summed E-state index contributed by atoms with van der Waals surface area (Å²) in [5.41, 5.74) is 2.80. The number of Topliss-reactive ketones (excluding diaryl/α,β-unsaturated/α-hetero) is 2. The Morgan fingerprint density at radius 3 is 2.12 bits per heavy atom. The molecule has 0 saturated heterocycles. The second-order valence-corrected chi connectivity index (χ2v) is 14.2. The number of phosphoric ester groups is 1. The molecule has 0 spiro atoms. The topological polar surface area (TPSA) is 224 Å². The molecule has 0 saturated carbocycles. The second kappa shape index (κ2) is 29.8. The molecule has 0 fully saturated rings. The van der Waals surface area contributed by atoms with Crippen LogP contribution in [0, 0.1) is 0 Å². The largest absolute Gasteiger partial charge is 0.472 e. The number of esters is 3. The maximum Gasteiger partial charge on any atom is 0.472 e. The van der Waals surface area contributed by atoms with Gasteiger partial charge in [-0.15, -0.1) is 0 Å². The molecular formula is C40H57N2O15P. The van der Waals surface area contributed by atoms with Crippen molar-refractivity contribution in [1.29, 1.82) is 0 Å². The van der Waals surface area contributed by atoms with E-state index in [0.717, 1.165) is 16.9 Å². The summed E-state index contributed by atoms with van der Waals surface area (Å²) in [6.07, 6.45) is 6.06. The van der Waals surface area contributed by atoms with Gasteiger partial charge < -0.3 is 38.6 Å². The molecule has 0 bridgehead atoms. The minimum atomic E-state index is -4.56. The fourth-order valence-corrected chi connectivity index (χ4v) is 5.67. The lowest BCUT2D eigenvalue weighted by molar-refractivity contribution is -0.160. The molecule has 1 aromatic carbocycles. The van der Waals surface area contributed by atoms with Crippen molar-refractivity contribution in [3.8, 4) is 0 Å². The number of nitrogens with zero attached hydrogens (tertiary/aromatic N) is 2. The summed E-state index contributed by atoms with van der Waals surface area (Å²) in [5, 5.41) is 9.55. The van der Waals surface area contributed by atoms with Crippen LogP contribution in [0.3, 0.4) is 0 Å². The Morgan fingerprint density at radius 2 is 1.45 bits per heavy atom. The second-order valence-electron chi connectivity index (χ2n) is 12.7. The van der Waals surface area contributed by atoms with Gasteiger partial charge in [0.05, 0.1) is 32.1 Å². The predicted molar refractivity (Wildman–Crippen MR) is 212 cm³/mol. The average molecular weight is 837 g/mol. The number of aromatic nitrogens is 1. The van der Waals surface area contributed by atoms with Gasteiger partial charge in [0.25, 0.3) is 0 Å². The SMILES string of the molecule is CCC(=O)OCC(COP(=O)(O)OCCCC(=O)OCCOCCCC(=O)COCC(=O)CCCN(CCO)c1ccc(/C=C/c2ccccn2)cc1)OC(=O)CC. The van der Waals surface area contributed by atoms with Gasteiger partial charge in [0.1, 0.15) is 26.4 Å². The van der Waals surface area contributed by atoms with Crippen LogP contribution in [0.2, 0.25) is 0 Å². The number of aliphatic hydroxyl groups is 1. The molecule has 0 amide bonds. The van der Waals surface area contributed by atoms with E-state index < -0.39 is 38.4 Å². The summed E-state index contributed by atoms with van der Waals surface area (Å²) in [4.78, 5) is 75.6. The Morgan fingerprint density at radius 1 is 0.741 bits per heavy atom. The average Bonchev–Trinajstić information content (AvgIpc) is 3.22. The number of rotatable bonds is 33. The monoisotopic (exact) mass is 836 g/mol. The van der Waals surface area contributed by atoms with Crippen molar-refractivity contribution in [2.24, 2.45) is 0 Å². The van der Waals surface area contributed by atoms with Gasteiger partial charge in [-0.05, 0) is 55.2 Å². The van der Waals surface area contributed by atoms with E-state index in [4.69, 9.17) is 32.7 Å². The summed E-state index contributed by atoms with van der Waals surface area (Å²) in [5.74, 6) is -2.03. The van der Waals surface area contributed by atoms with E-state index >= 15 is 0 Å². The Labute approximate surface area is 339 Å². The number of hydrogen-bond acceptors (Lipinski definition) is 16. The van der Waals surface area contributed by atoms with Crippen molar-refractivity contribution in [2.45, 2.75) is 71.3 Å². The van der Waals surface area contributed by atoms with Gasteiger partial charge in [-0.1, -0.05) is 38.1 Å². The Bertz CT molecular complexity index is 1590. The number of aliphatic hydroxyl groups excluding tert-OH is 1. The number of ether oxygens (including phenoxy) is 5. The van der Waals surface area contributed by atoms with Crippen molar-refractivity contribution < 1.29 is 71.3 Å². The Kier molecular flexibility index (Phi) is 25.6. The molecule has 0 radical (unpaired) electrons. The first-order valence-corrected chi connectivity index (χ1v) is 20.8. The number of hydrogen-bond donors (Lipinski definition) is 2. The Hall–Kier alpha value is -4.35. The number of carbonyl (C=O) groups excluding carboxylic acids is 5. The van der Waals surface area contributed by atoms with Crippen LogP contribution >= 0.6 is 7.82 Å². The summed E-state index contributed by atoms with van der Waals surface area (Å²) in [7, 11) is -4.56. The number of benzene rings is 1.